The lowest BCUT2D eigenvalue weighted by molar-refractivity contribution is -0.141. The van der Waals surface area contributed by atoms with E-state index in [-0.39, 0.29) is 36.0 Å². The zero-order valence-electron chi connectivity index (χ0n) is 26.2. The van der Waals surface area contributed by atoms with Crippen LogP contribution in [0.1, 0.15) is 49.4 Å². The van der Waals surface area contributed by atoms with Gasteiger partial charge in [0.1, 0.15) is 5.70 Å². The van der Waals surface area contributed by atoms with Crippen molar-refractivity contribution in [3.05, 3.63) is 52.7 Å². The van der Waals surface area contributed by atoms with E-state index in [0.717, 1.165) is 21.6 Å². The minimum absolute atomic E-state index is 0.0646. The fourth-order valence-electron chi connectivity index (χ4n) is 6.17. The van der Waals surface area contributed by atoms with Crippen molar-refractivity contribution < 1.29 is 42.5 Å². The smallest absolute Gasteiger partial charge is 0.310 e. The Bertz CT molecular complexity index is 1570. The molecular formula is C32H38N2O9Si. The number of fused-ring (bicyclic) bond motifs is 3. The third-order valence-electron chi connectivity index (χ3n) is 9.64. The Hall–Kier alpha value is -4.19. The Kier molecular flexibility index (Phi) is 7.10. The molecule has 4 atom stereocenters. The number of amides is 2. The number of hydrogen-bond acceptors (Lipinski definition) is 10. The summed E-state index contributed by atoms with van der Waals surface area (Å²) in [7, 11) is 2.33. The van der Waals surface area contributed by atoms with E-state index in [1.165, 1.54) is 13.1 Å². The van der Waals surface area contributed by atoms with Gasteiger partial charge in [-0.15, -0.1) is 0 Å². The van der Waals surface area contributed by atoms with Crippen molar-refractivity contribution in [2.75, 3.05) is 34.7 Å². The van der Waals surface area contributed by atoms with E-state index in [1.807, 2.05) is 24.3 Å². The molecular weight excluding hydrogens is 584 g/mol. The molecule has 11 nitrogen and oxygen atoms in total. The predicted octanol–water partition coefficient (Wildman–Crippen LogP) is 4.26. The first-order valence-corrected chi connectivity index (χ1v) is 17.5. The third-order valence-corrected chi connectivity index (χ3v) is 14.0. The highest BCUT2D eigenvalue weighted by Crippen LogP contribution is 2.56. The van der Waals surface area contributed by atoms with Gasteiger partial charge in [-0.3, -0.25) is 19.3 Å². The summed E-state index contributed by atoms with van der Waals surface area (Å²) in [5.74, 6) is -0.0171. The van der Waals surface area contributed by atoms with Crippen LogP contribution in [-0.4, -0.2) is 65.7 Å². The molecule has 44 heavy (non-hydrogen) atoms. The van der Waals surface area contributed by atoms with E-state index in [4.69, 9.17) is 28.1 Å². The topological polar surface area (TPSA) is 122 Å². The van der Waals surface area contributed by atoms with Crippen molar-refractivity contribution in [3.8, 4) is 28.7 Å². The molecule has 2 amide bonds. The van der Waals surface area contributed by atoms with Gasteiger partial charge < -0.3 is 33.4 Å². The molecule has 2 aromatic rings. The van der Waals surface area contributed by atoms with Crippen LogP contribution in [0.15, 0.2) is 36.0 Å². The molecule has 0 spiro atoms. The van der Waals surface area contributed by atoms with E-state index >= 15 is 0 Å². The lowest BCUT2D eigenvalue weighted by Gasteiger charge is -2.40. The number of benzene rings is 2. The third kappa shape index (κ3) is 4.66. The Balaban J connectivity index is 1.51. The molecule has 12 heteroatoms. The Morgan fingerprint density at radius 3 is 2.09 bits per heavy atom. The highest BCUT2D eigenvalue weighted by Gasteiger charge is 2.53. The molecule has 1 fully saturated rings. The van der Waals surface area contributed by atoms with Crippen LogP contribution in [0.3, 0.4) is 0 Å². The largest absolute Gasteiger partial charge is 0.539 e. The maximum absolute atomic E-state index is 13.5. The number of carbonyl (C=O) groups excluding carboxylic acids is 3. The summed E-state index contributed by atoms with van der Waals surface area (Å²) in [5.41, 5.74) is 2.56. The van der Waals surface area contributed by atoms with Crippen LogP contribution in [0.2, 0.25) is 18.1 Å². The van der Waals surface area contributed by atoms with Gasteiger partial charge in [0.05, 0.1) is 32.8 Å². The van der Waals surface area contributed by atoms with Crippen molar-refractivity contribution in [3.63, 3.8) is 0 Å². The number of nitrogens with one attached hydrogen (secondary N) is 1. The number of rotatable bonds is 7. The van der Waals surface area contributed by atoms with E-state index in [2.05, 4.69) is 39.2 Å². The fraction of sp³-hybridized carbons (Fsp3) is 0.469. The van der Waals surface area contributed by atoms with Crippen LogP contribution in [0.25, 0.3) is 0 Å². The average Bonchev–Trinajstić information content (AvgIpc) is 3.66. The monoisotopic (exact) mass is 622 g/mol. The van der Waals surface area contributed by atoms with Gasteiger partial charge in [0, 0.05) is 25.0 Å². The predicted molar refractivity (Wildman–Crippen MR) is 161 cm³/mol. The highest BCUT2D eigenvalue weighted by molar-refractivity contribution is 6.74. The van der Waals surface area contributed by atoms with Crippen LogP contribution in [0.5, 0.6) is 28.7 Å². The van der Waals surface area contributed by atoms with Gasteiger partial charge in [0.25, 0.3) is 20.1 Å². The molecule has 4 aliphatic rings. The number of carbonyl (C=O) groups is 3. The first-order valence-electron chi connectivity index (χ1n) is 14.6. The van der Waals surface area contributed by atoms with Gasteiger partial charge in [0.2, 0.25) is 6.79 Å². The number of ether oxygens (including phenoxy) is 5. The molecule has 0 saturated carbocycles. The van der Waals surface area contributed by atoms with E-state index in [1.54, 1.807) is 14.2 Å². The minimum atomic E-state index is -2.28. The molecule has 0 bridgehead atoms. The summed E-state index contributed by atoms with van der Waals surface area (Å²) < 4.78 is 35.6. The molecule has 234 valence electrons. The lowest BCUT2D eigenvalue weighted by Crippen LogP contribution is -2.44. The Labute approximate surface area is 257 Å². The fourth-order valence-corrected chi connectivity index (χ4v) is 7.19. The minimum Gasteiger partial charge on any atom is -0.539 e. The van der Waals surface area contributed by atoms with Gasteiger partial charge in [-0.25, -0.2) is 0 Å². The zero-order chi connectivity index (χ0) is 31.7. The van der Waals surface area contributed by atoms with Crippen molar-refractivity contribution in [1.82, 2.24) is 10.2 Å². The standard InChI is InChI=1S/C32H38N2O9Si/c1-32(2,3)44(7,8)43-29-23(38-5)9-16(10-24(29)39-6)26-17-11-21-22(42-15-41-21)12-18(17)28(19-14-40-31(37)27(19)26)33-20-13-25(35)34(4)30(20)36/h9-13,19,26-28,33H,14-15H2,1-8H3/t19-,26+,27-,28+/m0/s1. The summed E-state index contributed by atoms with van der Waals surface area (Å²) in [6.45, 7) is 11.0. The first kappa shape index (κ1) is 29.9. The number of nitrogens with zero attached hydrogens (tertiary/aromatic N) is 1. The summed E-state index contributed by atoms with van der Waals surface area (Å²) >= 11 is 0. The quantitative estimate of drug-likeness (QED) is 0.272. The number of imide groups is 1. The summed E-state index contributed by atoms with van der Waals surface area (Å²) in [4.78, 5) is 39.7. The van der Waals surface area contributed by atoms with E-state index < -0.39 is 38.0 Å². The molecule has 3 aliphatic heterocycles. The normalized spacial score (nSPS) is 24.0. The maximum atomic E-state index is 13.5. The van der Waals surface area contributed by atoms with Crippen molar-refractivity contribution in [2.45, 2.75) is 50.9 Å². The van der Waals surface area contributed by atoms with Crippen molar-refractivity contribution >= 4 is 26.1 Å². The van der Waals surface area contributed by atoms with Crippen LogP contribution in [0, 0.1) is 11.8 Å². The van der Waals surface area contributed by atoms with Crippen molar-refractivity contribution in [1.29, 1.82) is 0 Å². The van der Waals surface area contributed by atoms with Crippen LogP contribution >= 0.6 is 0 Å². The molecule has 0 aromatic heterocycles. The van der Waals surface area contributed by atoms with Gasteiger partial charge >= 0.3 is 5.97 Å². The summed E-state index contributed by atoms with van der Waals surface area (Å²) in [6, 6.07) is 7.05. The maximum Gasteiger partial charge on any atom is 0.310 e. The number of esters is 1. The number of cyclic esters (lactones) is 1. The lowest BCUT2D eigenvalue weighted by atomic mass is 9.65. The van der Waals surface area contributed by atoms with Crippen LogP contribution in [0.4, 0.5) is 0 Å². The van der Waals surface area contributed by atoms with Gasteiger partial charge in [0.15, 0.2) is 28.7 Å². The summed E-state index contributed by atoms with van der Waals surface area (Å²) in [5, 5.41) is 3.22. The van der Waals surface area contributed by atoms with Gasteiger partial charge in [-0.2, -0.15) is 0 Å². The van der Waals surface area contributed by atoms with Gasteiger partial charge in [-0.05, 0) is 59.1 Å². The molecule has 1 N–H and O–H groups in total. The highest BCUT2D eigenvalue weighted by atomic mass is 28.4. The number of hydrogen-bond donors (Lipinski definition) is 1. The second kappa shape index (κ2) is 10.5. The molecule has 6 rings (SSSR count). The Morgan fingerprint density at radius 1 is 0.932 bits per heavy atom. The van der Waals surface area contributed by atoms with Crippen LogP contribution < -0.4 is 28.7 Å². The van der Waals surface area contributed by atoms with Crippen molar-refractivity contribution in [2.24, 2.45) is 11.8 Å². The van der Waals surface area contributed by atoms with E-state index in [9.17, 15) is 14.4 Å². The molecule has 1 saturated heterocycles. The summed E-state index contributed by atoms with van der Waals surface area (Å²) in [6.07, 6.45) is 1.28. The molecule has 3 heterocycles. The molecule has 1 aliphatic carbocycles. The SMILES string of the molecule is COc1cc([C@@H]2c3cc4c(cc3[C@@H](NC3=CC(=O)N(C)C3=O)[C@H]3COC(=O)[C@H]23)OCO4)cc(OC)c1O[Si](C)(C)C(C)(C)C. The first-order chi connectivity index (χ1) is 20.8. The number of likely N-dealkylation sites (N-methyl/N-ethyl adjacent to an activating group) is 1. The second-order valence-electron chi connectivity index (χ2n) is 13.1. The van der Waals surface area contributed by atoms with Gasteiger partial charge in [-0.1, -0.05) is 20.8 Å². The molecule has 2 aromatic carbocycles. The molecule has 0 unspecified atom stereocenters. The average molecular weight is 623 g/mol. The molecule has 0 radical (unpaired) electrons. The zero-order valence-corrected chi connectivity index (χ0v) is 27.2. The number of methoxy groups -OCH3 is 2. The van der Waals surface area contributed by atoms with Crippen LogP contribution in [-0.2, 0) is 19.1 Å². The van der Waals surface area contributed by atoms with E-state index in [0.29, 0.717) is 28.7 Å². The Morgan fingerprint density at radius 2 is 1.55 bits per heavy atom. The second-order valence-corrected chi connectivity index (χ2v) is 17.9.